The minimum atomic E-state index is -4.11. The van der Waals surface area contributed by atoms with Crippen molar-refractivity contribution in [3.8, 4) is 12.1 Å². The topological polar surface area (TPSA) is 96.3 Å². The zero-order valence-electron chi connectivity index (χ0n) is 15.1. The average molecular weight is 407 g/mol. The van der Waals surface area contributed by atoms with E-state index in [0.717, 1.165) is 35.0 Å². The molecule has 1 aromatic carbocycles. The van der Waals surface area contributed by atoms with Gasteiger partial charge in [-0.05, 0) is 31.5 Å². The smallest absolute Gasteiger partial charge is 0.328 e. The number of nitrogens with one attached hydrogen (secondary N) is 1. The van der Waals surface area contributed by atoms with Gasteiger partial charge in [0.25, 0.3) is 5.91 Å². The van der Waals surface area contributed by atoms with Crippen LogP contribution >= 0.6 is 0 Å². The summed E-state index contributed by atoms with van der Waals surface area (Å²) in [5.41, 5.74) is -0.176. The molecule has 1 aromatic heterocycles. The van der Waals surface area contributed by atoms with Crippen LogP contribution in [0.4, 0.5) is 14.5 Å². The molecule has 0 spiro atoms. The fraction of sp³-hybridized carbons (Fsp3) is 0.278. The predicted molar refractivity (Wildman–Crippen MR) is 98.2 cm³/mol. The van der Waals surface area contributed by atoms with E-state index in [0.29, 0.717) is 6.42 Å². The Morgan fingerprint density at radius 3 is 2.64 bits per heavy atom. The number of nitrogens with zero attached hydrogens (tertiary/aromatic N) is 3. The van der Waals surface area contributed by atoms with Gasteiger partial charge in [0.2, 0.25) is 0 Å². The van der Waals surface area contributed by atoms with Crippen molar-refractivity contribution in [1.29, 1.82) is 5.26 Å². The van der Waals surface area contributed by atoms with Crippen molar-refractivity contribution in [1.82, 2.24) is 4.57 Å². The normalized spacial score (nSPS) is 11.8. The van der Waals surface area contributed by atoms with E-state index in [-0.39, 0.29) is 28.7 Å². The molecule has 0 aliphatic rings. The molecular formula is C18H17F2N4O3S+. The van der Waals surface area contributed by atoms with E-state index in [4.69, 9.17) is 5.26 Å². The van der Waals surface area contributed by atoms with E-state index in [1.54, 1.807) is 6.92 Å². The average Bonchev–Trinajstić information content (AvgIpc) is 3.08. The Morgan fingerprint density at radius 1 is 1.32 bits per heavy atom. The molecule has 10 heteroatoms. The molecule has 0 aliphatic heterocycles. The van der Waals surface area contributed by atoms with Gasteiger partial charge in [0.1, 0.15) is 12.2 Å². The standard InChI is InChI=1S/C18H16F2N4O3S/c1-3-12(2)10-22-28(26,27)14-9-17(24(11-14)7-6-21)18(25)23-13-4-5-15(19)16(20)8-13/h4-5,8-9,11-12H,3,7H2,1-2H3/p+1. The van der Waals surface area contributed by atoms with Gasteiger partial charge in [-0.25, -0.2) is 8.78 Å². The molecule has 1 unspecified atom stereocenters. The maximum Gasteiger partial charge on any atom is 0.511 e. The summed E-state index contributed by atoms with van der Waals surface area (Å²) >= 11 is 0. The summed E-state index contributed by atoms with van der Waals surface area (Å²) in [6.45, 7) is 3.30. The zero-order chi connectivity index (χ0) is 20.9. The second kappa shape index (κ2) is 8.63. The van der Waals surface area contributed by atoms with Gasteiger partial charge in [0, 0.05) is 18.0 Å². The van der Waals surface area contributed by atoms with E-state index >= 15 is 0 Å². The lowest BCUT2D eigenvalue weighted by Crippen LogP contribution is -2.16. The van der Waals surface area contributed by atoms with Gasteiger partial charge in [-0.2, -0.15) is 5.26 Å². The second-order valence-corrected chi connectivity index (χ2v) is 7.54. The third kappa shape index (κ3) is 4.93. The minimum Gasteiger partial charge on any atom is -0.328 e. The molecule has 1 heterocycles. The molecule has 146 valence electrons. The molecule has 1 N–H and O–H groups in total. The summed E-state index contributed by atoms with van der Waals surface area (Å²) in [6, 6.07) is 8.15. The van der Waals surface area contributed by atoms with Crippen LogP contribution in [0.3, 0.4) is 0 Å². The molecule has 0 radical (unpaired) electrons. The molecular weight excluding hydrogens is 390 g/mol. The number of aromatic nitrogens is 1. The Kier molecular flexibility index (Phi) is 6.49. The third-order valence-electron chi connectivity index (χ3n) is 3.83. The van der Waals surface area contributed by atoms with Crippen molar-refractivity contribution in [2.45, 2.75) is 31.7 Å². The van der Waals surface area contributed by atoms with Crippen LogP contribution in [0.1, 0.15) is 30.8 Å². The summed E-state index contributed by atoms with van der Waals surface area (Å²) in [5, 5.41) is 11.3. The molecule has 0 saturated heterocycles. The van der Waals surface area contributed by atoms with Crippen molar-refractivity contribution in [2.75, 3.05) is 5.32 Å². The summed E-state index contributed by atoms with van der Waals surface area (Å²) in [4.78, 5) is 12.2. The van der Waals surface area contributed by atoms with Crippen molar-refractivity contribution in [2.24, 2.45) is 5.92 Å². The largest absolute Gasteiger partial charge is 0.511 e. The van der Waals surface area contributed by atoms with Crippen LogP contribution in [-0.2, 0) is 16.6 Å². The lowest BCUT2D eigenvalue weighted by atomic mass is 10.2. The highest BCUT2D eigenvalue weighted by Gasteiger charge is 2.29. The Balaban J connectivity index is 2.38. The van der Waals surface area contributed by atoms with Crippen molar-refractivity contribution >= 4 is 21.6 Å². The number of benzene rings is 1. The maximum absolute atomic E-state index is 13.3. The summed E-state index contributed by atoms with van der Waals surface area (Å²) in [5.74, 6) is -3.19. The van der Waals surface area contributed by atoms with Gasteiger partial charge >= 0.3 is 16.1 Å². The van der Waals surface area contributed by atoms with Gasteiger partial charge in [-0.3, -0.25) is 4.79 Å². The minimum absolute atomic E-state index is 0.0267. The first kappa shape index (κ1) is 21.1. The number of amides is 1. The molecule has 1 amide bonds. The van der Waals surface area contributed by atoms with Crippen LogP contribution in [0.15, 0.2) is 35.4 Å². The van der Waals surface area contributed by atoms with Gasteiger partial charge in [0.05, 0.1) is 16.2 Å². The monoisotopic (exact) mass is 407 g/mol. The van der Waals surface area contributed by atoms with Crippen LogP contribution in [0.25, 0.3) is 4.25 Å². The molecule has 0 bridgehead atoms. The van der Waals surface area contributed by atoms with E-state index in [1.807, 2.05) is 13.0 Å². The first-order valence-electron chi connectivity index (χ1n) is 8.24. The van der Waals surface area contributed by atoms with Crippen molar-refractivity contribution < 1.29 is 22.0 Å². The molecule has 28 heavy (non-hydrogen) atoms. The highest BCUT2D eigenvalue weighted by molar-refractivity contribution is 7.93. The van der Waals surface area contributed by atoms with E-state index in [2.05, 4.69) is 15.6 Å². The number of carbonyl (C=O) groups is 1. The first-order valence-corrected chi connectivity index (χ1v) is 9.68. The Labute approximate surface area is 161 Å². The summed E-state index contributed by atoms with van der Waals surface area (Å²) < 4.78 is 55.6. The summed E-state index contributed by atoms with van der Waals surface area (Å²) in [6.07, 6.45) is 1.76. The zero-order valence-corrected chi connectivity index (χ0v) is 15.9. The number of nitriles is 1. The lowest BCUT2D eigenvalue weighted by molar-refractivity contribution is 0.101. The fourth-order valence-electron chi connectivity index (χ4n) is 2.09. The molecule has 1 atom stereocenters. The molecule has 7 nitrogen and oxygen atoms in total. The summed E-state index contributed by atoms with van der Waals surface area (Å²) in [7, 11) is -4.11. The van der Waals surface area contributed by atoms with E-state index < -0.39 is 27.6 Å². The van der Waals surface area contributed by atoms with Gasteiger partial charge in [-0.15, -0.1) is 8.42 Å². The number of carbonyl (C=O) groups excluding carboxylic acids is 1. The first-order chi connectivity index (χ1) is 13.2. The Hall–Kier alpha value is -3.24. The van der Waals surface area contributed by atoms with Gasteiger partial charge in [0.15, 0.2) is 16.5 Å². The van der Waals surface area contributed by atoms with Crippen molar-refractivity contribution in [3.63, 3.8) is 0 Å². The highest BCUT2D eigenvalue weighted by Crippen LogP contribution is 2.20. The number of hydrogen-bond acceptors (Lipinski definition) is 4. The Morgan fingerprint density at radius 2 is 2.04 bits per heavy atom. The molecule has 2 rings (SSSR count). The van der Waals surface area contributed by atoms with Crippen molar-refractivity contribution in [3.05, 3.63) is 52.0 Å². The number of anilines is 1. The number of halogens is 2. The van der Waals surface area contributed by atoms with Crippen LogP contribution in [-0.4, -0.2) is 18.9 Å². The fourth-order valence-corrected chi connectivity index (χ4v) is 3.04. The van der Waals surface area contributed by atoms with E-state index in [1.165, 1.54) is 0 Å². The predicted octanol–water partition coefficient (Wildman–Crippen LogP) is 3.61. The SMILES string of the molecule is CCC(C)C#[N+]S(=O)(=O)c1cc(C(=O)Nc2ccc(F)c(F)c2)n(CC#N)c1. The maximum atomic E-state index is 13.3. The third-order valence-corrected chi connectivity index (χ3v) is 4.99. The Bertz CT molecular complexity index is 1110. The van der Waals surface area contributed by atoms with E-state index in [9.17, 15) is 22.0 Å². The lowest BCUT2D eigenvalue weighted by Gasteiger charge is -2.07. The molecule has 0 fully saturated rings. The molecule has 2 aromatic rings. The van der Waals surface area contributed by atoms with Crippen LogP contribution in [0, 0.1) is 35.0 Å². The van der Waals surface area contributed by atoms with Crippen LogP contribution < -0.4 is 5.32 Å². The number of hydrogen-bond donors (Lipinski definition) is 1. The van der Waals surface area contributed by atoms with Gasteiger partial charge in [-0.1, -0.05) is 6.92 Å². The van der Waals surface area contributed by atoms with Crippen LogP contribution in [0.5, 0.6) is 0 Å². The number of rotatable bonds is 5. The number of sulfonamides is 1. The quantitative estimate of drug-likeness (QED) is 0.819. The molecule has 0 aliphatic carbocycles. The van der Waals surface area contributed by atoms with Crippen LogP contribution in [0.2, 0.25) is 0 Å². The second-order valence-electron chi connectivity index (χ2n) is 5.93. The van der Waals surface area contributed by atoms with Gasteiger partial charge < -0.3 is 9.88 Å². The highest BCUT2D eigenvalue weighted by atomic mass is 32.2. The molecule has 0 saturated carbocycles.